The molecule has 2 heterocycles. The van der Waals surface area contributed by atoms with Crippen molar-refractivity contribution in [1.29, 1.82) is 0 Å². The summed E-state index contributed by atoms with van der Waals surface area (Å²) in [5, 5.41) is 32.1. The fraction of sp³-hybridized carbons (Fsp3) is 0. The third-order valence-corrected chi connectivity index (χ3v) is 2.67. The second-order valence-corrected chi connectivity index (χ2v) is 3.94. The van der Waals surface area contributed by atoms with Gasteiger partial charge in [-0.1, -0.05) is 34.0 Å². The van der Waals surface area contributed by atoms with E-state index in [-0.39, 0.29) is 35.0 Å². The minimum absolute atomic E-state index is 0. The van der Waals surface area contributed by atoms with E-state index in [1.54, 1.807) is 24.3 Å². The van der Waals surface area contributed by atoms with Crippen molar-refractivity contribution < 1.29 is 15.9 Å². The molecule has 0 fully saturated rings. The zero-order chi connectivity index (χ0) is 13.9. The SMILES string of the molecule is O.On1nnc2ccccc21.On1nnc2ccccc21.[NaH]. The van der Waals surface area contributed by atoms with Crippen LogP contribution in [0, 0.1) is 0 Å². The van der Waals surface area contributed by atoms with Gasteiger partial charge in [0.1, 0.15) is 22.1 Å². The average molecular weight is 312 g/mol. The van der Waals surface area contributed by atoms with Crippen LogP contribution in [0.5, 0.6) is 0 Å². The number of benzene rings is 2. The van der Waals surface area contributed by atoms with Crippen LogP contribution in [0.25, 0.3) is 22.1 Å². The number of fused-ring (bicyclic) bond motifs is 2. The Morgan fingerprint density at radius 1 is 0.682 bits per heavy atom. The normalized spacial score (nSPS) is 9.45. The van der Waals surface area contributed by atoms with Crippen molar-refractivity contribution in [3.63, 3.8) is 0 Å². The fourth-order valence-electron chi connectivity index (χ4n) is 1.71. The Morgan fingerprint density at radius 3 is 1.41 bits per heavy atom. The molecule has 2 aromatic heterocycles. The quantitative estimate of drug-likeness (QED) is 0.343. The summed E-state index contributed by atoms with van der Waals surface area (Å²) in [5.74, 6) is 0. The molecule has 9 nitrogen and oxygen atoms in total. The molecule has 10 heteroatoms. The summed E-state index contributed by atoms with van der Waals surface area (Å²) in [6.45, 7) is 0. The molecular weight excluding hydrogens is 299 g/mol. The first kappa shape index (κ1) is 17.9. The van der Waals surface area contributed by atoms with E-state index in [0.29, 0.717) is 22.1 Å². The van der Waals surface area contributed by atoms with Gasteiger partial charge in [0.2, 0.25) is 0 Å². The van der Waals surface area contributed by atoms with E-state index in [4.69, 9.17) is 10.4 Å². The predicted octanol–water partition coefficient (Wildman–Crippen LogP) is -0.136. The number of nitrogens with zero attached hydrogens (tertiary/aromatic N) is 6. The van der Waals surface area contributed by atoms with Gasteiger partial charge in [0, 0.05) is 0 Å². The van der Waals surface area contributed by atoms with Gasteiger partial charge in [0.15, 0.2) is 0 Å². The Balaban J connectivity index is 0.000000202. The van der Waals surface area contributed by atoms with Crippen LogP contribution < -0.4 is 0 Å². The molecule has 110 valence electrons. The van der Waals surface area contributed by atoms with Crippen molar-refractivity contribution in [3.05, 3.63) is 48.5 Å². The van der Waals surface area contributed by atoms with Crippen molar-refractivity contribution >= 4 is 51.6 Å². The molecule has 0 aliphatic carbocycles. The molecule has 0 saturated heterocycles. The number of rotatable bonds is 0. The molecule has 0 aliphatic heterocycles. The number of aromatic nitrogens is 6. The number of para-hydroxylation sites is 2. The number of hydrogen-bond acceptors (Lipinski definition) is 6. The fourth-order valence-corrected chi connectivity index (χ4v) is 1.71. The maximum atomic E-state index is 8.95. The van der Waals surface area contributed by atoms with Crippen molar-refractivity contribution in [2.45, 2.75) is 0 Å². The van der Waals surface area contributed by atoms with Crippen LogP contribution in [0.4, 0.5) is 0 Å². The van der Waals surface area contributed by atoms with E-state index in [0.717, 1.165) is 9.69 Å². The molecule has 4 N–H and O–H groups in total. The second kappa shape index (κ2) is 7.71. The van der Waals surface area contributed by atoms with Gasteiger partial charge in [-0.2, -0.15) is 0 Å². The maximum absolute atomic E-state index is 8.95. The summed E-state index contributed by atoms with van der Waals surface area (Å²) in [7, 11) is 0. The van der Waals surface area contributed by atoms with Crippen LogP contribution in [-0.4, -0.2) is 75.8 Å². The van der Waals surface area contributed by atoms with Crippen LogP contribution in [0.2, 0.25) is 0 Å². The molecule has 0 spiro atoms. The first-order valence-electron chi connectivity index (χ1n) is 5.75. The topological polar surface area (TPSA) is 133 Å². The van der Waals surface area contributed by atoms with Gasteiger partial charge in [0.05, 0.1) is 0 Å². The molecule has 0 atom stereocenters. The molecular formula is C12H13N6NaO3. The molecule has 0 radical (unpaired) electrons. The van der Waals surface area contributed by atoms with Crippen LogP contribution in [0.15, 0.2) is 48.5 Å². The Bertz CT molecular complexity index is 790. The Hall–Kier alpha value is -2.20. The van der Waals surface area contributed by atoms with Gasteiger partial charge in [0.25, 0.3) is 0 Å². The third kappa shape index (κ3) is 3.52. The minimum atomic E-state index is 0. The molecule has 4 aromatic rings. The Labute approximate surface area is 146 Å². The van der Waals surface area contributed by atoms with Crippen LogP contribution in [0.1, 0.15) is 0 Å². The third-order valence-electron chi connectivity index (χ3n) is 2.67. The molecule has 0 unspecified atom stereocenters. The second-order valence-electron chi connectivity index (χ2n) is 3.94. The van der Waals surface area contributed by atoms with Crippen molar-refractivity contribution in [3.8, 4) is 0 Å². The summed E-state index contributed by atoms with van der Waals surface area (Å²) >= 11 is 0. The first-order chi connectivity index (χ1) is 9.75. The van der Waals surface area contributed by atoms with Gasteiger partial charge in [-0.3, -0.25) is 0 Å². The molecule has 0 amide bonds. The van der Waals surface area contributed by atoms with Crippen molar-refractivity contribution in [2.24, 2.45) is 0 Å². The average Bonchev–Trinajstić information content (AvgIpc) is 3.05. The summed E-state index contributed by atoms with van der Waals surface area (Å²) < 4.78 is 0. The summed E-state index contributed by atoms with van der Waals surface area (Å²) in [4.78, 5) is 1.52. The summed E-state index contributed by atoms with van der Waals surface area (Å²) in [5.41, 5.74) is 2.65. The van der Waals surface area contributed by atoms with Gasteiger partial charge in [-0.15, -0.1) is 10.2 Å². The van der Waals surface area contributed by atoms with E-state index in [1.807, 2.05) is 24.3 Å². The van der Waals surface area contributed by atoms with E-state index >= 15 is 0 Å². The van der Waals surface area contributed by atoms with E-state index in [1.165, 1.54) is 0 Å². The Morgan fingerprint density at radius 2 is 1.05 bits per heavy atom. The van der Waals surface area contributed by atoms with Crippen LogP contribution in [0.3, 0.4) is 0 Å². The van der Waals surface area contributed by atoms with Crippen molar-refractivity contribution in [1.82, 2.24) is 30.3 Å². The standard InChI is InChI=1S/2C6H5N3O.Na.H2O.H/c2*10-9-6-4-2-1-3-5(6)7-8-9;;;/h2*1-4,10H;;1H2;. The zero-order valence-corrected chi connectivity index (χ0v) is 10.7. The van der Waals surface area contributed by atoms with Crippen LogP contribution in [-0.2, 0) is 0 Å². The van der Waals surface area contributed by atoms with E-state index in [2.05, 4.69) is 20.6 Å². The molecule has 2 aromatic carbocycles. The molecule has 0 saturated carbocycles. The summed E-state index contributed by atoms with van der Waals surface area (Å²) in [6, 6.07) is 14.4. The molecule has 0 aliphatic rings. The zero-order valence-electron chi connectivity index (χ0n) is 10.7. The first-order valence-corrected chi connectivity index (χ1v) is 5.75. The number of hydrogen-bond donors (Lipinski definition) is 2. The van der Waals surface area contributed by atoms with Gasteiger partial charge < -0.3 is 15.9 Å². The van der Waals surface area contributed by atoms with Gasteiger partial charge >= 0.3 is 29.6 Å². The van der Waals surface area contributed by atoms with E-state index in [9.17, 15) is 0 Å². The van der Waals surface area contributed by atoms with Gasteiger partial charge in [-0.05, 0) is 34.7 Å². The molecule has 4 rings (SSSR count). The monoisotopic (exact) mass is 312 g/mol. The van der Waals surface area contributed by atoms with Gasteiger partial charge in [-0.25, -0.2) is 0 Å². The van der Waals surface area contributed by atoms with Crippen LogP contribution >= 0.6 is 0 Å². The molecule has 0 bridgehead atoms. The van der Waals surface area contributed by atoms with E-state index < -0.39 is 0 Å². The summed E-state index contributed by atoms with van der Waals surface area (Å²) in [6.07, 6.45) is 0. The Kier molecular flexibility index (Phi) is 6.25. The predicted molar refractivity (Wildman–Crippen MR) is 80.2 cm³/mol. The van der Waals surface area contributed by atoms with Crippen molar-refractivity contribution in [2.75, 3.05) is 0 Å². The molecule has 22 heavy (non-hydrogen) atoms.